The van der Waals surface area contributed by atoms with Crippen molar-refractivity contribution in [3.05, 3.63) is 41.8 Å². The SMILES string of the molecule is CC1(C)OB(C(F)=CC2(c3c[nH]c4cccc(O)c34)CC2)OC1(C)C. The number of phenolic OH excluding ortho intramolecular Hbond substituents is 1. The van der Waals surface area contributed by atoms with Crippen molar-refractivity contribution in [1.82, 2.24) is 4.98 Å². The molecule has 4 rings (SSSR count). The molecule has 0 unspecified atom stereocenters. The molecule has 0 spiro atoms. The highest BCUT2D eigenvalue weighted by Crippen LogP contribution is 2.54. The summed E-state index contributed by atoms with van der Waals surface area (Å²) in [5.74, 6) is 0.212. The van der Waals surface area contributed by atoms with Gasteiger partial charge in [0.2, 0.25) is 0 Å². The molecule has 1 saturated heterocycles. The molecule has 1 aliphatic heterocycles. The number of aromatic nitrogens is 1. The van der Waals surface area contributed by atoms with Gasteiger partial charge in [0.25, 0.3) is 0 Å². The average molecular weight is 343 g/mol. The second-order valence-corrected chi connectivity index (χ2v) is 8.18. The number of hydrogen-bond donors (Lipinski definition) is 2. The third-order valence-electron chi connectivity index (χ3n) is 5.90. The zero-order valence-electron chi connectivity index (χ0n) is 15.0. The van der Waals surface area contributed by atoms with Crippen molar-refractivity contribution in [2.45, 2.75) is 57.2 Å². The lowest BCUT2D eigenvalue weighted by Crippen LogP contribution is -2.41. The lowest BCUT2D eigenvalue weighted by Gasteiger charge is -2.32. The van der Waals surface area contributed by atoms with Gasteiger partial charge in [-0.15, -0.1) is 0 Å². The predicted octanol–water partition coefficient (Wildman–Crippen LogP) is 4.39. The summed E-state index contributed by atoms with van der Waals surface area (Å²) in [6.45, 7) is 7.63. The minimum atomic E-state index is -0.985. The van der Waals surface area contributed by atoms with Gasteiger partial charge in [-0.3, -0.25) is 0 Å². The Morgan fingerprint density at radius 3 is 2.44 bits per heavy atom. The van der Waals surface area contributed by atoms with Crippen LogP contribution in [0.4, 0.5) is 4.39 Å². The number of phenols is 1. The highest BCUT2D eigenvalue weighted by Gasteiger charge is 2.54. The molecule has 1 aliphatic carbocycles. The standard InChI is InChI=1S/C19H23BFNO3/c1-17(2)18(3,4)25-20(24-17)15(21)10-19(8-9-19)12-11-22-13-6-5-7-14(23)16(12)13/h5-7,10-11,22-23H,8-9H2,1-4H3. The van der Waals surface area contributed by atoms with E-state index >= 15 is 0 Å². The van der Waals surface area contributed by atoms with Gasteiger partial charge in [-0.25, -0.2) is 4.39 Å². The van der Waals surface area contributed by atoms with Gasteiger partial charge >= 0.3 is 7.12 Å². The molecule has 2 aliphatic rings. The van der Waals surface area contributed by atoms with Crippen LogP contribution in [0.3, 0.4) is 0 Å². The van der Waals surface area contributed by atoms with Gasteiger partial charge in [0.1, 0.15) is 11.5 Å². The van der Waals surface area contributed by atoms with E-state index in [1.165, 1.54) is 0 Å². The molecule has 0 amide bonds. The second kappa shape index (κ2) is 5.11. The molecule has 1 aromatic carbocycles. The molecule has 0 atom stereocenters. The summed E-state index contributed by atoms with van der Waals surface area (Å²) in [5.41, 5.74) is -0.180. The largest absolute Gasteiger partial charge is 0.524 e. The molecule has 1 aromatic heterocycles. The second-order valence-electron chi connectivity index (χ2n) is 8.18. The van der Waals surface area contributed by atoms with Gasteiger partial charge in [-0.05, 0) is 64.3 Å². The summed E-state index contributed by atoms with van der Waals surface area (Å²) >= 11 is 0. The Hall–Kier alpha value is -1.79. The summed E-state index contributed by atoms with van der Waals surface area (Å²) in [7, 11) is -0.985. The van der Waals surface area contributed by atoms with Crippen molar-refractivity contribution in [3.63, 3.8) is 0 Å². The van der Waals surface area contributed by atoms with E-state index < -0.39 is 29.5 Å². The number of halogens is 1. The van der Waals surface area contributed by atoms with Crippen molar-refractivity contribution in [2.24, 2.45) is 0 Å². The van der Waals surface area contributed by atoms with Crippen LogP contribution in [0.25, 0.3) is 10.9 Å². The minimum absolute atomic E-state index is 0.212. The third kappa shape index (κ3) is 2.50. The summed E-state index contributed by atoms with van der Waals surface area (Å²) in [6.07, 6.45) is 5.15. The fraction of sp³-hybridized carbons (Fsp3) is 0.474. The molecular formula is C19H23BFNO3. The predicted molar refractivity (Wildman–Crippen MR) is 96.1 cm³/mol. The Labute approximate surface area is 147 Å². The van der Waals surface area contributed by atoms with E-state index in [4.69, 9.17) is 9.31 Å². The van der Waals surface area contributed by atoms with E-state index in [9.17, 15) is 9.50 Å². The first-order valence-corrected chi connectivity index (χ1v) is 8.69. The first kappa shape index (κ1) is 16.7. The van der Waals surface area contributed by atoms with Gasteiger partial charge in [-0.2, -0.15) is 0 Å². The van der Waals surface area contributed by atoms with Crippen molar-refractivity contribution < 1.29 is 18.8 Å². The van der Waals surface area contributed by atoms with Crippen LogP contribution in [-0.4, -0.2) is 28.4 Å². The van der Waals surface area contributed by atoms with Crippen LogP contribution in [-0.2, 0) is 14.7 Å². The maximum Gasteiger partial charge on any atom is 0.524 e. The Kier molecular flexibility index (Phi) is 3.41. The van der Waals surface area contributed by atoms with Gasteiger partial charge < -0.3 is 19.4 Å². The highest BCUT2D eigenvalue weighted by molar-refractivity contribution is 6.53. The van der Waals surface area contributed by atoms with E-state index in [1.54, 1.807) is 18.2 Å². The molecular weight excluding hydrogens is 320 g/mol. The maximum atomic E-state index is 15.0. The Morgan fingerprint density at radius 1 is 1.20 bits per heavy atom. The topological polar surface area (TPSA) is 54.5 Å². The molecule has 2 heterocycles. The van der Waals surface area contributed by atoms with E-state index in [1.807, 2.05) is 40.0 Å². The Bertz CT molecular complexity index is 851. The number of aromatic hydroxyl groups is 1. The number of rotatable bonds is 3. The number of H-pyrrole nitrogens is 1. The van der Waals surface area contributed by atoms with Gasteiger partial charge in [0, 0.05) is 22.5 Å². The molecule has 25 heavy (non-hydrogen) atoms. The summed E-state index contributed by atoms with van der Waals surface area (Å²) in [5, 5.41) is 11.0. The molecule has 0 bridgehead atoms. The monoisotopic (exact) mass is 343 g/mol. The number of aromatic amines is 1. The molecule has 0 radical (unpaired) electrons. The maximum absolute atomic E-state index is 15.0. The summed E-state index contributed by atoms with van der Waals surface area (Å²) in [4.78, 5) is 3.17. The minimum Gasteiger partial charge on any atom is -0.507 e. The van der Waals surface area contributed by atoms with Gasteiger partial charge in [0.05, 0.1) is 11.2 Å². The molecule has 2 fully saturated rings. The fourth-order valence-corrected chi connectivity index (χ4v) is 3.47. The molecule has 2 N–H and O–H groups in total. The molecule has 132 valence electrons. The third-order valence-corrected chi connectivity index (χ3v) is 5.90. The van der Waals surface area contributed by atoms with Crippen LogP contribution < -0.4 is 0 Å². The number of allylic oxidation sites excluding steroid dienone is 1. The molecule has 1 saturated carbocycles. The average Bonchev–Trinajstić information content (AvgIpc) is 3.07. The van der Waals surface area contributed by atoms with Crippen LogP contribution in [0, 0.1) is 0 Å². The van der Waals surface area contributed by atoms with Crippen LogP contribution in [0.2, 0.25) is 0 Å². The first-order chi connectivity index (χ1) is 11.7. The quantitative estimate of drug-likeness (QED) is 0.813. The lowest BCUT2D eigenvalue weighted by molar-refractivity contribution is 0.00578. The molecule has 4 nitrogen and oxygen atoms in total. The van der Waals surface area contributed by atoms with Crippen molar-refractivity contribution in [3.8, 4) is 5.75 Å². The summed E-state index contributed by atoms with van der Waals surface area (Å²) < 4.78 is 26.6. The van der Waals surface area contributed by atoms with Crippen LogP contribution >= 0.6 is 0 Å². The fourth-order valence-electron chi connectivity index (χ4n) is 3.47. The van der Waals surface area contributed by atoms with Gasteiger partial charge in [0.15, 0.2) is 0 Å². The molecule has 2 aromatic rings. The van der Waals surface area contributed by atoms with Crippen LogP contribution in [0.15, 0.2) is 36.2 Å². The summed E-state index contributed by atoms with van der Waals surface area (Å²) in [6, 6.07) is 5.35. The highest BCUT2D eigenvalue weighted by atomic mass is 19.1. The van der Waals surface area contributed by atoms with E-state index in [0.29, 0.717) is 0 Å². The number of benzene rings is 1. The number of nitrogens with one attached hydrogen (secondary N) is 1. The Balaban J connectivity index is 1.69. The normalized spacial score (nSPS) is 24.0. The van der Waals surface area contributed by atoms with Gasteiger partial charge in [-0.1, -0.05) is 6.07 Å². The van der Waals surface area contributed by atoms with Crippen LogP contribution in [0.5, 0.6) is 5.75 Å². The molecule has 6 heteroatoms. The first-order valence-electron chi connectivity index (χ1n) is 8.69. The van der Waals surface area contributed by atoms with Crippen LogP contribution in [0.1, 0.15) is 46.1 Å². The zero-order chi connectivity index (χ0) is 18.0. The van der Waals surface area contributed by atoms with E-state index in [2.05, 4.69) is 4.98 Å². The van der Waals surface area contributed by atoms with Crippen molar-refractivity contribution in [2.75, 3.05) is 0 Å². The van der Waals surface area contributed by atoms with Crippen molar-refractivity contribution in [1.29, 1.82) is 0 Å². The number of fused-ring (bicyclic) bond motifs is 1. The van der Waals surface area contributed by atoms with Crippen molar-refractivity contribution >= 4 is 18.0 Å². The Morgan fingerprint density at radius 2 is 1.84 bits per heavy atom. The lowest BCUT2D eigenvalue weighted by atomic mass is 9.83. The number of hydrogen-bond acceptors (Lipinski definition) is 3. The van der Waals surface area contributed by atoms with E-state index in [-0.39, 0.29) is 5.75 Å². The van der Waals surface area contributed by atoms with E-state index in [0.717, 1.165) is 29.3 Å². The zero-order valence-corrected chi connectivity index (χ0v) is 15.0. The smallest absolute Gasteiger partial charge is 0.507 e.